The van der Waals surface area contributed by atoms with E-state index in [0.717, 1.165) is 24.0 Å². The fourth-order valence-corrected chi connectivity index (χ4v) is 1.41. The zero-order valence-electron chi connectivity index (χ0n) is 10.0. The Balaban J connectivity index is 2.74. The van der Waals surface area contributed by atoms with Crippen molar-refractivity contribution in [2.24, 2.45) is 0 Å². The molecule has 0 bridgehead atoms. The Morgan fingerprint density at radius 3 is 3.06 bits per heavy atom. The van der Waals surface area contributed by atoms with Crippen molar-refractivity contribution in [3.63, 3.8) is 0 Å². The number of aryl methyl sites for hydroxylation is 1. The van der Waals surface area contributed by atoms with E-state index >= 15 is 0 Å². The van der Waals surface area contributed by atoms with Gasteiger partial charge < -0.3 is 4.79 Å². The molecule has 1 rings (SSSR count). The number of carbonyl (C=O) groups is 1. The van der Waals surface area contributed by atoms with E-state index in [-0.39, 0.29) is 0 Å². The van der Waals surface area contributed by atoms with Gasteiger partial charge >= 0.3 is 0 Å². The molecule has 1 aromatic rings. The molecule has 0 aliphatic heterocycles. The molecule has 0 amide bonds. The molecule has 0 aromatic carbocycles. The lowest BCUT2D eigenvalue weighted by Gasteiger charge is -1.96. The summed E-state index contributed by atoms with van der Waals surface area (Å²) in [6.07, 6.45) is 11.7. The molecule has 4 heteroatoms. The minimum Gasteiger partial charge on any atom is -0.303 e. The molecule has 4 nitrogen and oxygen atoms in total. The van der Waals surface area contributed by atoms with Crippen LogP contribution in [0.5, 0.6) is 0 Å². The van der Waals surface area contributed by atoms with Gasteiger partial charge in [-0.05, 0) is 13.3 Å². The van der Waals surface area contributed by atoms with Crippen LogP contribution in [0.4, 0.5) is 0 Å². The molecule has 1 aromatic heterocycles. The number of hydrogen-bond donors (Lipinski definition) is 0. The highest BCUT2D eigenvalue weighted by Gasteiger charge is 2.03. The predicted molar refractivity (Wildman–Crippen MR) is 68.3 cm³/mol. The van der Waals surface area contributed by atoms with Gasteiger partial charge in [-0.3, -0.25) is 4.68 Å². The monoisotopic (exact) mass is 231 g/mol. The average molecular weight is 231 g/mol. The maximum absolute atomic E-state index is 10.2. The zero-order valence-corrected chi connectivity index (χ0v) is 10.0. The highest BCUT2D eigenvalue weighted by molar-refractivity contribution is 5.72. The summed E-state index contributed by atoms with van der Waals surface area (Å²) >= 11 is 0. The Morgan fingerprint density at radius 1 is 1.59 bits per heavy atom. The smallest absolute Gasteiger partial charge is 0.120 e. The van der Waals surface area contributed by atoms with Crippen molar-refractivity contribution in [2.45, 2.75) is 26.3 Å². The third-order valence-corrected chi connectivity index (χ3v) is 2.19. The second-order valence-electron chi connectivity index (χ2n) is 3.53. The van der Waals surface area contributed by atoms with Crippen LogP contribution in [0.15, 0.2) is 37.1 Å². The van der Waals surface area contributed by atoms with Crippen molar-refractivity contribution in [3.05, 3.63) is 42.8 Å². The summed E-state index contributed by atoms with van der Waals surface area (Å²) in [5.74, 6) is 0. The first-order valence-corrected chi connectivity index (χ1v) is 5.61. The van der Waals surface area contributed by atoms with Gasteiger partial charge in [0.15, 0.2) is 0 Å². The fourth-order valence-electron chi connectivity index (χ4n) is 1.41. The van der Waals surface area contributed by atoms with Gasteiger partial charge in [-0.15, -0.1) is 5.10 Å². The number of unbranched alkanes of at least 4 members (excludes halogenated alkanes) is 1. The zero-order chi connectivity index (χ0) is 12.5. The largest absolute Gasteiger partial charge is 0.303 e. The lowest BCUT2D eigenvalue weighted by Crippen LogP contribution is -1.98. The Morgan fingerprint density at radius 2 is 2.41 bits per heavy atom. The van der Waals surface area contributed by atoms with Crippen molar-refractivity contribution in [1.29, 1.82) is 0 Å². The van der Waals surface area contributed by atoms with E-state index in [9.17, 15) is 4.79 Å². The lowest BCUT2D eigenvalue weighted by molar-refractivity contribution is -0.107. The molecular weight excluding hydrogens is 214 g/mol. The Labute approximate surface area is 101 Å². The summed E-state index contributed by atoms with van der Waals surface area (Å²) < 4.78 is 1.75. The van der Waals surface area contributed by atoms with Gasteiger partial charge in [-0.1, -0.05) is 36.1 Å². The highest BCUT2D eigenvalue weighted by atomic mass is 16.1. The van der Waals surface area contributed by atoms with Crippen LogP contribution in [0.25, 0.3) is 5.57 Å². The molecule has 0 radical (unpaired) electrons. The molecule has 0 saturated carbocycles. The Hall–Kier alpha value is -1.97. The molecule has 17 heavy (non-hydrogen) atoms. The third-order valence-electron chi connectivity index (χ3n) is 2.19. The molecule has 0 fully saturated rings. The standard InChI is InChI=1S/C13H17N3O/c1-3-7-12(8-4-2)13-11-16(15-14-13)9-5-6-10-17/h3-4,7-8,10-11H,1,5-6,9H2,2H3/b8-4-,12-7+. The van der Waals surface area contributed by atoms with Crippen molar-refractivity contribution in [2.75, 3.05) is 0 Å². The molecule has 0 aliphatic rings. The Kier molecular flexibility index (Phi) is 5.64. The van der Waals surface area contributed by atoms with Gasteiger partial charge in [0.2, 0.25) is 0 Å². The number of allylic oxidation sites excluding steroid dienone is 5. The van der Waals surface area contributed by atoms with E-state index in [4.69, 9.17) is 0 Å². The average Bonchev–Trinajstić information content (AvgIpc) is 2.78. The quantitative estimate of drug-likeness (QED) is 0.411. The maximum Gasteiger partial charge on any atom is 0.120 e. The predicted octanol–water partition coefficient (Wildman–Crippen LogP) is 2.40. The number of carbonyl (C=O) groups excluding carboxylic acids is 1. The van der Waals surface area contributed by atoms with E-state index < -0.39 is 0 Å². The summed E-state index contributed by atoms with van der Waals surface area (Å²) in [6, 6.07) is 0. The van der Waals surface area contributed by atoms with E-state index in [1.165, 1.54) is 0 Å². The second kappa shape index (κ2) is 7.33. The Bertz CT molecular complexity index is 430. The van der Waals surface area contributed by atoms with Gasteiger partial charge in [-0.2, -0.15) is 0 Å². The van der Waals surface area contributed by atoms with Gasteiger partial charge in [0.05, 0.1) is 6.20 Å². The summed E-state index contributed by atoms with van der Waals surface area (Å²) in [7, 11) is 0. The van der Waals surface area contributed by atoms with Gasteiger partial charge in [0.25, 0.3) is 0 Å². The summed E-state index contributed by atoms with van der Waals surface area (Å²) in [6.45, 7) is 6.33. The number of rotatable bonds is 7. The van der Waals surface area contributed by atoms with Crippen molar-refractivity contribution in [3.8, 4) is 0 Å². The molecule has 0 saturated heterocycles. The number of hydrogen-bond acceptors (Lipinski definition) is 3. The molecule has 90 valence electrons. The normalized spacial score (nSPS) is 11.9. The van der Waals surface area contributed by atoms with Crippen LogP contribution in [0, 0.1) is 0 Å². The van der Waals surface area contributed by atoms with Crippen LogP contribution in [0.3, 0.4) is 0 Å². The van der Waals surface area contributed by atoms with Crippen LogP contribution >= 0.6 is 0 Å². The molecule has 0 N–H and O–H groups in total. The minimum atomic E-state index is 0.555. The van der Waals surface area contributed by atoms with Crippen molar-refractivity contribution in [1.82, 2.24) is 15.0 Å². The molecule has 0 atom stereocenters. The minimum absolute atomic E-state index is 0.555. The van der Waals surface area contributed by atoms with Gasteiger partial charge in [0, 0.05) is 18.5 Å². The lowest BCUT2D eigenvalue weighted by atomic mass is 10.2. The van der Waals surface area contributed by atoms with Crippen molar-refractivity contribution < 1.29 is 4.79 Å². The number of nitrogens with zero attached hydrogens (tertiary/aromatic N) is 3. The summed E-state index contributed by atoms with van der Waals surface area (Å²) in [5, 5.41) is 8.10. The van der Waals surface area contributed by atoms with E-state index in [1.807, 2.05) is 31.3 Å². The topological polar surface area (TPSA) is 47.8 Å². The van der Waals surface area contributed by atoms with Crippen LogP contribution < -0.4 is 0 Å². The molecular formula is C13H17N3O. The molecule has 0 spiro atoms. The van der Waals surface area contributed by atoms with E-state index in [1.54, 1.807) is 10.8 Å². The van der Waals surface area contributed by atoms with Crippen LogP contribution in [0.2, 0.25) is 0 Å². The van der Waals surface area contributed by atoms with Crippen LogP contribution in [0.1, 0.15) is 25.5 Å². The highest BCUT2D eigenvalue weighted by Crippen LogP contribution is 2.12. The molecule has 0 unspecified atom stereocenters. The third kappa shape index (κ3) is 4.18. The SMILES string of the molecule is C=C/C=C(\C=C/C)c1cn(CCCC=O)nn1. The first-order chi connectivity index (χ1) is 8.31. The fraction of sp³-hybridized carbons (Fsp3) is 0.308. The van der Waals surface area contributed by atoms with Crippen molar-refractivity contribution >= 4 is 11.9 Å². The summed E-state index contributed by atoms with van der Waals surface area (Å²) in [4.78, 5) is 10.2. The van der Waals surface area contributed by atoms with E-state index in [0.29, 0.717) is 13.0 Å². The van der Waals surface area contributed by atoms with Crippen LogP contribution in [-0.2, 0) is 11.3 Å². The van der Waals surface area contributed by atoms with Gasteiger partial charge in [0.1, 0.15) is 12.0 Å². The first kappa shape index (κ1) is 13.1. The van der Waals surface area contributed by atoms with E-state index in [2.05, 4.69) is 16.9 Å². The summed E-state index contributed by atoms with van der Waals surface area (Å²) in [5.41, 5.74) is 1.79. The maximum atomic E-state index is 10.2. The molecule has 1 heterocycles. The van der Waals surface area contributed by atoms with Gasteiger partial charge in [-0.25, -0.2) is 0 Å². The molecule has 0 aliphatic carbocycles. The number of aromatic nitrogens is 3. The van der Waals surface area contributed by atoms with Crippen LogP contribution in [-0.4, -0.2) is 21.3 Å². The number of aldehydes is 1. The second-order valence-corrected chi connectivity index (χ2v) is 3.53. The first-order valence-electron chi connectivity index (χ1n) is 5.61.